The first-order valence-corrected chi connectivity index (χ1v) is 44.6. The molecule has 0 fully saturated rings. The van der Waals surface area contributed by atoms with E-state index in [-0.39, 0.29) is 43.6 Å². The summed E-state index contributed by atoms with van der Waals surface area (Å²) in [6, 6.07) is 99.0. The SMILES string of the molecule is [2H]c1c([2H])c([2H])c(C2(c3c([2H])c([2H])c([2H])c([2H])c3[2H])c3ccccc3-c3cccc(-c4ccc5c(c4)B4c6ccc(-n7c8ccc(C(C)(C)C)cc8c8cc(C(C)(C)C)ccc87)cc6N(c6ccc(C(C)(C)C)cc6-c6ccccc6)c6cc(-n7c8ccc(C(C)(C)C)cc8c8cc(C(C)(C)C)ccc87)cc(c64)N5c4c(-c5ccccc5)cc(C(C)(C)C)cc4-c4ccccc4)c32)c([2H])c1[2H]. The lowest BCUT2D eigenvalue weighted by Gasteiger charge is -2.46. The van der Waals surface area contributed by atoms with Gasteiger partial charge in [0, 0.05) is 66.7 Å². The number of benzene rings is 16. The van der Waals surface area contributed by atoms with Crippen LogP contribution in [0.1, 0.15) is 194 Å². The van der Waals surface area contributed by atoms with Crippen molar-refractivity contribution in [1.29, 1.82) is 0 Å². The number of hydrogen-bond donors (Lipinski definition) is 0. The van der Waals surface area contributed by atoms with Crippen molar-refractivity contribution in [3.05, 3.63) is 401 Å². The molecule has 0 saturated heterocycles. The number of nitrogens with zero attached hydrogens (tertiary/aromatic N) is 4. The van der Waals surface area contributed by atoms with Crippen LogP contribution in [0.2, 0.25) is 0 Å². The summed E-state index contributed by atoms with van der Waals surface area (Å²) in [4.78, 5) is 5.17. The Labute approximate surface area is 759 Å². The van der Waals surface area contributed by atoms with Gasteiger partial charge in [0.2, 0.25) is 0 Å². The van der Waals surface area contributed by atoms with Crippen molar-refractivity contribution in [2.45, 2.75) is 163 Å². The fourth-order valence-electron chi connectivity index (χ4n) is 20.5. The van der Waals surface area contributed by atoms with E-state index in [1.165, 1.54) is 27.8 Å². The zero-order valence-corrected chi connectivity index (χ0v) is 75.5. The van der Waals surface area contributed by atoms with Crippen molar-refractivity contribution >= 4 is 101 Å². The minimum atomic E-state index is -2.18. The highest BCUT2D eigenvalue weighted by Crippen LogP contribution is 2.61. The van der Waals surface area contributed by atoms with Gasteiger partial charge in [0.15, 0.2) is 0 Å². The van der Waals surface area contributed by atoms with Gasteiger partial charge in [-0.3, -0.25) is 0 Å². The molecule has 618 valence electrons. The van der Waals surface area contributed by atoms with Gasteiger partial charge in [0.1, 0.15) is 0 Å². The summed E-state index contributed by atoms with van der Waals surface area (Å²) < 4.78 is 103. The van der Waals surface area contributed by atoms with Crippen LogP contribution in [-0.2, 0) is 37.9 Å². The fraction of sp³-hybridized carbons (Fsp3) is 0.207. The van der Waals surface area contributed by atoms with Crippen LogP contribution >= 0.6 is 0 Å². The van der Waals surface area contributed by atoms with Gasteiger partial charge in [-0.05, 0) is 247 Å². The Balaban J connectivity index is 0.980. The standard InChI is InChI=1S/C121H111BN4/c1-115(2,3)82-52-60-103(93(66-82)76-37-24-19-25-38-76)125-109-73-88(123-104-61-53-83(116(4,5)6)67-96(104)97-68-84(117(7,8)9)54-62-105(97)123)57-58-101(109)122-102-65-79(90-48-36-49-92-91-47-34-35-50-100(91)121(112(90)92,80-43-30-22-31-44-80)81-45-32-23-33-46-81)51-59-108(102)126(114-94(77-39-26-20-27-40-77)71-87(120(16,17)18)72-95(114)78-41-28-21-29-42-78)111-75-89(74-110(125)113(111)122)124-106-63-55-85(118(10,11)12)69-98(106)99-70-86(119(13,14)15)56-64-107(99)124/h19-75H,1-18H3/i22D,23D,30D,31D,32D,33D,43D,44D,45D,46D. The first kappa shape index (κ1) is 69.1. The molecule has 0 unspecified atom stereocenters. The highest BCUT2D eigenvalue weighted by atomic mass is 15.2. The van der Waals surface area contributed by atoms with Gasteiger partial charge in [-0.1, -0.05) is 367 Å². The summed E-state index contributed by atoms with van der Waals surface area (Å²) >= 11 is 0. The van der Waals surface area contributed by atoms with Crippen LogP contribution in [0.5, 0.6) is 0 Å². The van der Waals surface area contributed by atoms with Crippen molar-refractivity contribution in [1.82, 2.24) is 9.13 Å². The van der Waals surface area contributed by atoms with Gasteiger partial charge in [0.05, 0.1) is 58.3 Å². The van der Waals surface area contributed by atoms with Gasteiger partial charge in [0.25, 0.3) is 6.71 Å². The molecule has 4 nitrogen and oxygen atoms in total. The maximum Gasteiger partial charge on any atom is 0.252 e. The van der Waals surface area contributed by atoms with Gasteiger partial charge in [-0.25, -0.2) is 0 Å². The predicted molar refractivity (Wildman–Crippen MR) is 540 cm³/mol. The van der Waals surface area contributed by atoms with Crippen LogP contribution in [0.4, 0.5) is 34.1 Å². The minimum Gasteiger partial charge on any atom is -0.311 e. The summed E-state index contributed by atoms with van der Waals surface area (Å²) in [6.45, 7) is 40.6. The lowest BCUT2D eigenvalue weighted by molar-refractivity contribution is 0.590. The normalized spacial score (nSPS) is 14.9. The van der Waals surface area contributed by atoms with Crippen LogP contribution < -0.4 is 26.2 Å². The van der Waals surface area contributed by atoms with Crippen LogP contribution in [0.15, 0.2) is 346 Å². The molecule has 0 amide bonds. The quantitative estimate of drug-likeness (QED) is 0.127. The first-order valence-electron chi connectivity index (χ1n) is 49.6. The Bertz CT molecular complexity index is 7770. The summed E-state index contributed by atoms with van der Waals surface area (Å²) in [5, 5.41) is 4.61. The molecule has 1 aliphatic carbocycles. The third-order valence-corrected chi connectivity index (χ3v) is 27.2. The number of aromatic nitrogens is 2. The summed E-state index contributed by atoms with van der Waals surface area (Å²) in [5.41, 5.74) is 27.1. The van der Waals surface area contributed by atoms with E-state index in [4.69, 9.17) is 0 Å². The van der Waals surface area contributed by atoms with Crippen LogP contribution in [0.25, 0.3) is 111 Å². The van der Waals surface area contributed by atoms with Gasteiger partial charge < -0.3 is 18.9 Å². The van der Waals surface area contributed by atoms with Gasteiger partial charge in [-0.2, -0.15) is 0 Å². The molecule has 2 aliphatic heterocycles. The van der Waals surface area contributed by atoms with Gasteiger partial charge >= 0.3 is 0 Å². The lowest BCUT2D eigenvalue weighted by Crippen LogP contribution is -2.61. The van der Waals surface area contributed by atoms with E-state index in [0.717, 1.165) is 144 Å². The average Bonchev–Trinajstić information content (AvgIpc) is 1.47. The van der Waals surface area contributed by atoms with Crippen molar-refractivity contribution < 1.29 is 13.7 Å². The third kappa shape index (κ3) is 12.8. The fourth-order valence-corrected chi connectivity index (χ4v) is 20.5. The van der Waals surface area contributed by atoms with Crippen molar-refractivity contribution in [3.63, 3.8) is 0 Å². The molecule has 0 spiro atoms. The van der Waals surface area contributed by atoms with E-state index in [0.29, 0.717) is 33.4 Å². The van der Waals surface area contributed by atoms with Crippen molar-refractivity contribution in [2.75, 3.05) is 9.80 Å². The van der Waals surface area contributed by atoms with Crippen LogP contribution in [-0.4, -0.2) is 15.8 Å². The van der Waals surface area contributed by atoms with Crippen LogP contribution in [0.3, 0.4) is 0 Å². The molecule has 16 aromatic carbocycles. The molecule has 0 saturated carbocycles. The van der Waals surface area contributed by atoms with Gasteiger partial charge in [-0.15, -0.1) is 0 Å². The molecule has 0 radical (unpaired) electrons. The lowest BCUT2D eigenvalue weighted by atomic mass is 9.33. The minimum absolute atomic E-state index is 0.165. The van der Waals surface area contributed by atoms with Crippen molar-refractivity contribution in [2.24, 2.45) is 0 Å². The molecule has 2 aromatic heterocycles. The van der Waals surface area contributed by atoms with E-state index in [9.17, 15) is 13.7 Å². The van der Waals surface area contributed by atoms with E-state index in [1.54, 1.807) is 0 Å². The maximum atomic E-state index is 10.3. The summed E-state index contributed by atoms with van der Waals surface area (Å²) in [7, 11) is 0. The Morgan fingerprint density at radius 2 is 0.651 bits per heavy atom. The Morgan fingerprint density at radius 1 is 0.262 bits per heavy atom. The zero-order valence-electron chi connectivity index (χ0n) is 85.5. The number of hydrogen-bond acceptors (Lipinski definition) is 2. The second-order valence-electron chi connectivity index (χ2n) is 41.4. The summed E-state index contributed by atoms with van der Waals surface area (Å²) in [5.74, 6) is 0. The molecule has 3 aliphatic rings. The summed E-state index contributed by atoms with van der Waals surface area (Å²) in [6.07, 6.45) is 0. The molecular formula is C121H111BN4. The molecule has 0 bridgehead atoms. The van der Waals surface area contributed by atoms with Crippen LogP contribution in [0, 0.1) is 0 Å². The number of anilines is 6. The third-order valence-electron chi connectivity index (χ3n) is 27.2. The van der Waals surface area contributed by atoms with E-state index in [2.05, 4.69) is 386 Å². The number of rotatable bonds is 10. The first-order chi connectivity index (χ1) is 64.4. The second kappa shape index (κ2) is 28.9. The van der Waals surface area contributed by atoms with Crippen molar-refractivity contribution in [3.8, 4) is 67.0 Å². The monoisotopic (exact) mass is 1640 g/mol. The molecule has 21 rings (SSSR count). The maximum absolute atomic E-state index is 10.3. The highest BCUT2D eigenvalue weighted by molar-refractivity contribution is 7.00. The Hall–Kier alpha value is -13.2. The molecule has 4 heterocycles. The topological polar surface area (TPSA) is 16.3 Å². The predicted octanol–water partition coefficient (Wildman–Crippen LogP) is 30.8. The molecule has 126 heavy (non-hydrogen) atoms. The highest BCUT2D eigenvalue weighted by Gasteiger charge is 2.50. The smallest absolute Gasteiger partial charge is 0.252 e. The Kier molecular flexibility index (Phi) is 15.9. The Morgan fingerprint density at radius 3 is 1.13 bits per heavy atom. The molecular weight excluding hydrogens is 1520 g/mol. The second-order valence-corrected chi connectivity index (χ2v) is 41.4. The van der Waals surface area contributed by atoms with E-state index >= 15 is 0 Å². The molecule has 0 atom stereocenters. The molecule has 5 heteroatoms. The zero-order chi connectivity index (χ0) is 95.9. The largest absolute Gasteiger partial charge is 0.311 e. The average molecular weight is 1640 g/mol. The number of fused-ring (bicyclic) bond motifs is 13. The molecule has 18 aromatic rings. The molecule has 0 N–H and O–H groups in total. The van der Waals surface area contributed by atoms with E-state index < -0.39 is 72.6 Å². The van der Waals surface area contributed by atoms with E-state index in [1.807, 2.05) is 42.5 Å².